The minimum Gasteiger partial charge on any atom is -0.493 e. The van der Waals surface area contributed by atoms with Crippen LogP contribution in [0.5, 0.6) is 5.75 Å². The number of benzene rings is 1. The lowest BCUT2D eigenvalue weighted by molar-refractivity contribution is -0.139. The van der Waals surface area contributed by atoms with Gasteiger partial charge in [-0.15, -0.1) is 0 Å². The second-order valence-electron chi connectivity index (χ2n) is 5.70. The van der Waals surface area contributed by atoms with E-state index in [1.807, 2.05) is 45.0 Å². The molecule has 1 aromatic carbocycles. The van der Waals surface area contributed by atoms with Gasteiger partial charge in [-0.1, -0.05) is 20.8 Å². The third kappa shape index (κ3) is 5.38. The molecule has 118 valence electrons. The average molecular weight is 293 g/mol. The van der Waals surface area contributed by atoms with Crippen molar-refractivity contribution < 1.29 is 14.3 Å². The van der Waals surface area contributed by atoms with Gasteiger partial charge in [-0.2, -0.15) is 0 Å². The van der Waals surface area contributed by atoms with Gasteiger partial charge in [0.25, 0.3) is 5.91 Å². The van der Waals surface area contributed by atoms with Gasteiger partial charge in [-0.05, 0) is 50.5 Å². The molecule has 1 rings (SSSR count). The molecule has 1 N–H and O–H groups in total. The summed E-state index contributed by atoms with van der Waals surface area (Å²) < 4.78 is 11.2. The molecular weight excluding hydrogens is 266 g/mol. The first kappa shape index (κ1) is 17.5. The van der Waals surface area contributed by atoms with Crippen molar-refractivity contribution in [1.29, 1.82) is 0 Å². The van der Waals surface area contributed by atoms with Gasteiger partial charge >= 0.3 is 0 Å². The molecule has 1 aromatic rings. The summed E-state index contributed by atoms with van der Waals surface area (Å²) in [6.07, 6.45) is 0.627. The van der Waals surface area contributed by atoms with Gasteiger partial charge in [-0.3, -0.25) is 4.79 Å². The Bertz CT molecular complexity index is 442. The Hall–Kier alpha value is -1.55. The summed E-state index contributed by atoms with van der Waals surface area (Å²) in [4.78, 5) is 12.3. The molecule has 0 aliphatic heterocycles. The maximum atomic E-state index is 12.3. The molecule has 21 heavy (non-hydrogen) atoms. The first-order chi connectivity index (χ1) is 9.91. The molecule has 0 saturated carbocycles. The second kappa shape index (κ2) is 8.03. The normalized spacial score (nSPS) is 13.8. The number of anilines is 1. The van der Waals surface area contributed by atoms with Crippen LogP contribution in [0.2, 0.25) is 0 Å². The Morgan fingerprint density at radius 2 is 1.86 bits per heavy atom. The molecule has 0 saturated heterocycles. The van der Waals surface area contributed by atoms with E-state index < -0.39 is 5.60 Å². The smallest absolute Gasteiger partial charge is 0.256 e. The largest absolute Gasteiger partial charge is 0.493 e. The van der Waals surface area contributed by atoms with Crippen molar-refractivity contribution in [1.82, 2.24) is 0 Å². The van der Waals surface area contributed by atoms with E-state index in [2.05, 4.69) is 19.2 Å². The van der Waals surface area contributed by atoms with E-state index in [1.165, 1.54) is 0 Å². The van der Waals surface area contributed by atoms with Crippen LogP contribution < -0.4 is 10.1 Å². The van der Waals surface area contributed by atoms with Gasteiger partial charge in [0, 0.05) is 12.3 Å². The van der Waals surface area contributed by atoms with Crippen LogP contribution in [0.3, 0.4) is 0 Å². The van der Waals surface area contributed by atoms with Crippen LogP contribution in [0.1, 0.15) is 41.0 Å². The number of carbonyl (C=O) groups excluding carboxylic acids is 1. The molecular formula is C17H27NO3. The van der Waals surface area contributed by atoms with Crippen molar-refractivity contribution in [3.05, 3.63) is 24.3 Å². The molecule has 0 unspecified atom stereocenters. The van der Waals surface area contributed by atoms with Gasteiger partial charge < -0.3 is 14.8 Å². The number of hydrogen-bond acceptors (Lipinski definition) is 3. The number of nitrogens with one attached hydrogen (secondary N) is 1. The lowest BCUT2D eigenvalue weighted by Gasteiger charge is -2.26. The fraction of sp³-hybridized carbons (Fsp3) is 0.588. The number of ether oxygens (including phenoxy) is 2. The monoisotopic (exact) mass is 293 g/mol. The van der Waals surface area contributed by atoms with Crippen LogP contribution in [-0.2, 0) is 9.53 Å². The van der Waals surface area contributed by atoms with Gasteiger partial charge in [0.05, 0.1) is 6.61 Å². The second-order valence-corrected chi connectivity index (χ2v) is 5.70. The Morgan fingerprint density at radius 3 is 2.33 bits per heavy atom. The van der Waals surface area contributed by atoms with Gasteiger partial charge in [0.2, 0.25) is 0 Å². The average Bonchev–Trinajstić information content (AvgIpc) is 2.46. The highest BCUT2D eigenvalue weighted by Gasteiger charge is 2.31. The molecule has 0 fully saturated rings. The Morgan fingerprint density at radius 1 is 1.24 bits per heavy atom. The fourth-order valence-electron chi connectivity index (χ4n) is 1.81. The quantitative estimate of drug-likeness (QED) is 0.791. The zero-order valence-electron chi connectivity index (χ0n) is 13.7. The zero-order chi connectivity index (χ0) is 15.9. The van der Waals surface area contributed by atoms with E-state index in [9.17, 15) is 4.79 Å². The summed E-state index contributed by atoms with van der Waals surface area (Å²) in [5.41, 5.74) is -0.0436. The third-order valence-corrected chi connectivity index (χ3v) is 3.31. The highest BCUT2D eigenvalue weighted by atomic mass is 16.5. The lowest BCUT2D eigenvalue weighted by Crippen LogP contribution is -2.42. The molecule has 1 atom stereocenters. The van der Waals surface area contributed by atoms with Crippen LogP contribution in [0.15, 0.2) is 24.3 Å². The lowest BCUT2D eigenvalue weighted by atomic mass is 10.0. The van der Waals surface area contributed by atoms with Crippen LogP contribution in [0, 0.1) is 5.92 Å². The molecule has 0 aliphatic carbocycles. The first-order valence-electron chi connectivity index (χ1n) is 7.59. The molecule has 4 heteroatoms. The summed E-state index contributed by atoms with van der Waals surface area (Å²) in [6, 6.07) is 7.41. The van der Waals surface area contributed by atoms with Gasteiger partial charge in [0.15, 0.2) is 0 Å². The van der Waals surface area contributed by atoms with Crippen LogP contribution in [0.25, 0.3) is 0 Å². The van der Waals surface area contributed by atoms with E-state index in [1.54, 1.807) is 0 Å². The topological polar surface area (TPSA) is 47.6 Å². The Balaban J connectivity index is 2.64. The number of hydrogen-bond donors (Lipinski definition) is 1. The van der Waals surface area contributed by atoms with Crippen molar-refractivity contribution in [2.24, 2.45) is 5.92 Å². The van der Waals surface area contributed by atoms with Crippen LogP contribution in [-0.4, -0.2) is 24.7 Å². The maximum absolute atomic E-state index is 12.3. The van der Waals surface area contributed by atoms with Crippen LogP contribution >= 0.6 is 0 Å². The number of amides is 1. The predicted molar refractivity (Wildman–Crippen MR) is 85.7 cm³/mol. The number of rotatable bonds is 8. The fourth-order valence-corrected chi connectivity index (χ4v) is 1.81. The van der Waals surface area contributed by atoms with Gasteiger partial charge in [-0.25, -0.2) is 0 Å². The van der Waals surface area contributed by atoms with E-state index in [0.29, 0.717) is 25.6 Å². The minimum absolute atomic E-state index is 0.123. The predicted octanol–water partition coefficient (Wildman–Crippen LogP) is 3.87. The highest BCUT2D eigenvalue weighted by molar-refractivity contribution is 5.97. The molecule has 0 aromatic heterocycles. The SMILES string of the molecule is CCO[C@@](C)(CC)C(=O)Nc1ccc(OCC(C)C)cc1. The molecule has 0 heterocycles. The van der Waals surface area contributed by atoms with E-state index in [-0.39, 0.29) is 5.91 Å². The van der Waals surface area contributed by atoms with Gasteiger partial charge in [0.1, 0.15) is 11.4 Å². The van der Waals surface area contributed by atoms with Crippen molar-refractivity contribution in [2.45, 2.75) is 46.6 Å². The zero-order valence-corrected chi connectivity index (χ0v) is 13.7. The van der Waals surface area contributed by atoms with E-state index in [4.69, 9.17) is 9.47 Å². The van der Waals surface area contributed by atoms with E-state index in [0.717, 1.165) is 11.4 Å². The molecule has 0 aliphatic rings. The molecule has 1 amide bonds. The van der Waals surface area contributed by atoms with Crippen molar-refractivity contribution >= 4 is 11.6 Å². The van der Waals surface area contributed by atoms with E-state index >= 15 is 0 Å². The third-order valence-electron chi connectivity index (χ3n) is 3.31. The van der Waals surface area contributed by atoms with Crippen molar-refractivity contribution in [3.8, 4) is 5.75 Å². The first-order valence-corrected chi connectivity index (χ1v) is 7.59. The Kier molecular flexibility index (Phi) is 6.69. The standard InChI is InChI=1S/C17H27NO3/c1-6-17(5,21-7-2)16(19)18-14-8-10-15(11-9-14)20-12-13(3)4/h8-11,13H,6-7,12H2,1-5H3,(H,18,19)/t17-/m0/s1. The maximum Gasteiger partial charge on any atom is 0.256 e. The van der Waals surface area contributed by atoms with Crippen LogP contribution in [0.4, 0.5) is 5.69 Å². The highest BCUT2D eigenvalue weighted by Crippen LogP contribution is 2.21. The minimum atomic E-state index is -0.790. The number of carbonyl (C=O) groups is 1. The Labute approximate surface area is 127 Å². The van der Waals surface area contributed by atoms with Crippen molar-refractivity contribution in [2.75, 3.05) is 18.5 Å². The molecule has 0 radical (unpaired) electrons. The molecule has 0 spiro atoms. The van der Waals surface area contributed by atoms with Crippen molar-refractivity contribution in [3.63, 3.8) is 0 Å². The summed E-state index contributed by atoms with van der Waals surface area (Å²) in [5.74, 6) is 1.17. The molecule has 4 nitrogen and oxygen atoms in total. The summed E-state index contributed by atoms with van der Waals surface area (Å²) in [7, 11) is 0. The molecule has 0 bridgehead atoms. The summed E-state index contributed by atoms with van der Waals surface area (Å²) in [5, 5.41) is 2.89. The summed E-state index contributed by atoms with van der Waals surface area (Å²) >= 11 is 0. The summed E-state index contributed by atoms with van der Waals surface area (Å²) in [6.45, 7) is 11.1.